The van der Waals surface area contributed by atoms with Gasteiger partial charge in [0.1, 0.15) is 12.3 Å². The van der Waals surface area contributed by atoms with Crippen LogP contribution in [-0.2, 0) is 12.0 Å². The first-order chi connectivity index (χ1) is 13.3. The van der Waals surface area contributed by atoms with Crippen molar-refractivity contribution in [2.24, 2.45) is 16.8 Å². The van der Waals surface area contributed by atoms with E-state index in [2.05, 4.69) is 67.1 Å². The Balaban J connectivity index is 0.00000420. The summed E-state index contributed by atoms with van der Waals surface area (Å²) in [5, 5.41) is 6.73. The summed E-state index contributed by atoms with van der Waals surface area (Å²) >= 11 is 0. The molecule has 0 aromatic carbocycles. The zero-order chi connectivity index (χ0) is 20.6. The maximum atomic E-state index is 5.82. The molecule has 2 atom stereocenters. The Kier molecular flexibility index (Phi) is 11.5. The standard InChI is InChI=1S/C22H41N5O.HI/c1-7-23-21(26-14-20-25-13-19(28-20)22(4,5)6)24-10-8-9-11-27-15-17(2)12-18(3)16-27;/h13,17-18H,7-12,14-16H2,1-6H3,(H2,23,24,26);1H. The Morgan fingerprint density at radius 3 is 2.48 bits per heavy atom. The van der Waals surface area contributed by atoms with Gasteiger partial charge in [-0.3, -0.25) is 0 Å². The number of aromatic nitrogens is 1. The van der Waals surface area contributed by atoms with Crippen molar-refractivity contribution in [3.05, 3.63) is 17.8 Å². The summed E-state index contributed by atoms with van der Waals surface area (Å²) in [7, 11) is 0. The molecule has 1 saturated heterocycles. The van der Waals surface area contributed by atoms with Gasteiger partial charge in [0.05, 0.1) is 6.20 Å². The number of rotatable bonds is 8. The Hall–Kier alpha value is -0.830. The Morgan fingerprint density at radius 1 is 1.21 bits per heavy atom. The van der Waals surface area contributed by atoms with Crippen LogP contribution >= 0.6 is 24.0 Å². The van der Waals surface area contributed by atoms with Crippen LogP contribution in [0.1, 0.15) is 72.5 Å². The summed E-state index contributed by atoms with van der Waals surface area (Å²) in [6.45, 7) is 19.2. The molecule has 0 radical (unpaired) electrons. The van der Waals surface area contributed by atoms with Crippen molar-refractivity contribution >= 4 is 29.9 Å². The Labute approximate surface area is 194 Å². The highest BCUT2D eigenvalue weighted by Gasteiger charge is 2.21. The number of hydrogen-bond acceptors (Lipinski definition) is 4. The number of unbranched alkanes of at least 4 members (excludes halogenated alkanes) is 1. The minimum absolute atomic E-state index is 0. The van der Waals surface area contributed by atoms with E-state index >= 15 is 0 Å². The number of halogens is 1. The van der Waals surface area contributed by atoms with Gasteiger partial charge in [-0.15, -0.1) is 24.0 Å². The number of guanidine groups is 1. The van der Waals surface area contributed by atoms with Crippen LogP contribution in [-0.4, -0.2) is 48.6 Å². The van der Waals surface area contributed by atoms with Gasteiger partial charge in [0.15, 0.2) is 5.96 Å². The molecule has 1 aromatic rings. The fraction of sp³-hybridized carbons (Fsp3) is 0.818. The maximum Gasteiger partial charge on any atom is 0.216 e. The minimum Gasteiger partial charge on any atom is -0.443 e. The predicted molar refractivity (Wildman–Crippen MR) is 132 cm³/mol. The Morgan fingerprint density at radius 2 is 1.90 bits per heavy atom. The van der Waals surface area contributed by atoms with Crippen molar-refractivity contribution in [3.8, 4) is 0 Å². The number of nitrogens with one attached hydrogen (secondary N) is 2. The van der Waals surface area contributed by atoms with Gasteiger partial charge in [0, 0.05) is 31.6 Å². The summed E-state index contributed by atoms with van der Waals surface area (Å²) < 4.78 is 5.82. The van der Waals surface area contributed by atoms with Crippen molar-refractivity contribution in [2.75, 3.05) is 32.7 Å². The van der Waals surface area contributed by atoms with Crippen LogP contribution in [0.4, 0.5) is 0 Å². The molecule has 168 valence electrons. The van der Waals surface area contributed by atoms with E-state index in [0.717, 1.165) is 43.1 Å². The molecule has 2 N–H and O–H groups in total. The smallest absolute Gasteiger partial charge is 0.216 e. The lowest BCUT2D eigenvalue weighted by Crippen LogP contribution is -2.40. The molecule has 2 rings (SSSR count). The average Bonchev–Trinajstić information content (AvgIpc) is 3.08. The lowest BCUT2D eigenvalue weighted by Gasteiger charge is -2.34. The molecule has 2 unspecified atom stereocenters. The van der Waals surface area contributed by atoms with E-state index < -0.39 is 0 Å². The molecule has 29 heavy (non-hydrogen) atoms. The molecule has 1 fully saturated rings. The molecule has 0 saturated carbocycles. The molecule has 1 aromatic heterocycles. The van der Waals surface area contributed by atoms with Gasteiger partial charge in [0.25, 0.3) is 0 Å². The highest BCUT2D eigenvalue weighted by atomic mass is 127. The molecule has 0 amide bonds. The number of hydrogen-bond donors (Lipinski definition) is 2. The zero-order valence-corrected chi connectivity index (χ0v) is 21.6. The van der Waals surface area contributed by atoms with Crippen molar-refractivity contribution < 1.29 is 4.42 Å². The highest BCUT2D eigenvalue weighted by Crippen LogP contribution is 2.23. The molecular formula is C22H42IN5O. The number of aliphatic imine (C=N–C) groups is 1. The zero-order valence-electron chi connectivity index (χ0n) is 19.3. The molecular weight excluding hydrogens is 477 g/mol. The molecule has 0 bridgehead atoms. The van der Waals surface area contributed by atoms with Crippen molar-refractivity contribution in [1.82, 2.24) is 20.5 Å². The van der Waals surface area contributed by atoms with Crippen LogP contribution in [0, 0.1) is 11.8 Å². The van der Waals surface area contributed by atoms with Gasteiger partial charge < -0.3 is 20.0 Å². The van der Waals surface area contributed by atoms with E-state index in [1.54, 1.807) is 0 Å². The molecule has 2 heterocycles. The van der Waals surface area contributed by atoms with Crippen LogP contribution in [0.15, 0.2) is 15.6 Å². The highest BCUT2D eigenvalue weighted by molar-refractivity contribution is 14.0. The number of piperidine rings is 1. The second kappa shape index (κ2) is 12.8. The maximum absolute atomic E-state index is 5.82. The molecule has 0 aliphatic carbocycles. The van der Waals surface area contributed by atoms with E-state index in [1.807, 2.05) is 6.20 Å². The largest absolute Gasteiger partial charge is 0.443 e. The van der Waals surface area contributed by atoms with Crippen LogP contribution in [0.5, 0.6) is 0 Å². The van der Waals surface area contributed by atoms with Gasteiger partial charge in [-0.2, -0.15) is 0 Å². The van der Waals surface area contributed by atoms with E-state index in [9.17, 15) is 0 Å². The quantitative estimate of drug-likeness (QED) is 0.231. The summed E-state index contributed by atoms with van der Waals surface area (Å²) in [5.41, 5.74) is -0.0261. The summed E-state index contributed by atoms with van der Waals surface area (Å²) in [6, 6.07) is 0. The average molecular weight is 520 g/mol. The van der Waals surface area contributed by atoms with Crippen LogP contribution in [0.2, 0.25) is 0 Å². The molecule has 7 heteroatoms. The van der Waals surface area contributed by atoms with E-state index in [0.29, 0.717) is 12.4 Å². The van der Waals surface area contributed by atoms with Crippen LogP contribution < -0.4 is 10.6 Å². The SMILES string of the molecule is CCNC(=NCc1ncc(C(C)(C)C)o1)NCCCCN1CC(C)CC(C)C1.I. The monoisotopic (exact) mass is 519 g/mol. The van der Waals surface area contributed by atoms with Crippen LogP contribution in [0.25, 0.3) is 0 Å². The van der Waals surface area contributed by atoms with E-state index in [4.69, 9.17) is 4.42 Å². The first-order valence-corrected chi connectivity index (χ1v) is 11.0. The minimum atomic E-state index is -0.0261. The van der Waals surface area contributed by atoms with Gasteiger partial charge in [0.2, 0.25) is 5.89 Å². The van der Waals surface area contributed by atoms with Crippen LogP contribution in [0.3, 0.4) is 0 Å². The number of nitrogens with zero attached hydrogens (tertiary/aromatic N) is 3. The van der Waals surface area contributed by atoms with Gasteiger partial charge in [-0.25, -0.2) is 9.98 Å². The van der Waals surface area contributed by atoms with E-state index in [1.165, 1.54) is 32.5 Å². The lowest BCUT2D eigenvalue weighted by molar-refractivity contribution is 0.139. The fourth-order valence-electron chi connectivity index (χ4n) is 3.86. The number of likely N-dealkylation sites (tertiary alicyclic amines) is 1. The van der Waals surface area contributed by atoms with Crippen molar-refractivity contribution in [1.29, 1.82) is 0 Å². The summed E-state index contributed by atoms with van der Waals surface area (Å²) in [6.07, 6.45) is 5.56. The predicted octanol–water partition coefficient (Wildman–Crippen LogP) is 4.40. The van der Waals surface area contributed by atoms with Gasteiger partial charge in [-0.1, -0.05) is 34.6 Å². The third-order valence-electron chi connectivity index (χ3n) is 5.15. The van der Waals surface area contributed by atoms with Crippen molar-refractivity contribution in [3.63, 3.8) is 0 Å². The summed E-state index contributed by atoms with van der Waals surface area (Å²) in [4.78, 5) is 11.6. The molecule has 1 aliphatic rings. The topological polar surface area (TPSA) is 65.7 Å². The number of oxazole rings is 1. The molecule has 6 nitrogen and oxygen atoms in total. The fourth-order valence-corrected chi connectivity index (χ4v) is 3.86. The second-order valence-electron chi connectivity index (χ2n) is 9.40. The first-order valence-electron chi connectivity index (χ1n) is 11.0. The van der Waals surface area contributed by atoms with Gasteiger partial charge in [-0.05, 0) is 44.6 Å². The summed E-state index contributed by atoms with van der Waals surface area (Å²) in [5.74, 6) is 4.07. The van der Waals surface area contributed by atoms with E-state index in [-0.39, 0.29) is 29.4 Å². The third kappa shape index (κ3) is 9.68. The lowest BCUT2D eigenvalue weighted by atomic mass is 9.92. The molecule has 1 aliphatic heterocycles. The molecule has 0 spiro atoms. The van der Waals surface area contributed by atoms with Gasteiger partial charge >= 0.3 is 0 Å². The van der Waals surface area contributed by atoms with Crippen molar-refractivity contribution in [2.45, 2.75) is 72.8 Å². The third-order valence-corrected chi connectivity index (χ3v) is 5.15. The normalized spacial score (nSPS) is 21.0. The first kappa shape index (κ1) is 26.2. The second-order valence-corrected chi connectivity index (χ2v) is 9.40. The Bertz CT molecular complexity index is 601.